The van der Waals surface area contributed by atoms with Crippen LogP contribution in [0.2, 0.25) is 0 Å². The van der Waals surface area contributed by atoms with Crippen molar-refractivity contribution in [1.82, 2.24) is 14.9 Å². The van der Waals surface area contributed by atoms with Gasteiger partial charge in [0.15, 0.2) is 5.69 Å². The molecule has 1 aromatic heterocycles. The van der Waals surface area contributed by atoms with Gasteiger partial charge in [0.1, 0.15) is 6.61 Å². The van der Waals surface area contributed by atoms with Crippen LogP contribution in [0.25, 0.3) is 0 Å². The maximum Gasteiger partial charge on any atom is 0.407 e. The third kappa shape index (κ3) is 4.64. The molecule has 110 valence electrons. The molecule has 2 rings (SSSR count). The molecule has 1 heterocycles. The number of imidazole rings is 1. The molecule has 1 aromatic carbocycles. The van der Waals surface area contributed by atoms with Crippen LogP contribution in [0, 0.1) is 0 Å². The van der Waals surface area contributed by atoms with E-state index in [0.717, 1.165) is 5.56 Å². The number of hydrogen-bond donors (Lipinski definition) is 2. The molecule has 0 atom stereocenters. The standard InChI is InChI=1S/C14H15N3O4/c18-13(19)12-8-17(10-16-12)7-6-15-14(20)21-9-11-4-2-1-3-5-11/h1-5,8,10H,6-7,9H2,(H,15,20)(H,18,19). The Kier molecular flexibility index (Phi) is 4.92. The second-order valence-electron chi connectivity index (χ2n) is 4.29. The molecular formula is C14H15N3O4. The SMILES string of the molecule is O=C(NCCn1cnc(C(=O)O)c1)OCc1ccccc1. The first kappa shape index (κ1) is 14.6. The maximum atomic E-state index is 11.5. The fourth-order valence-electron chi connectivity index (χ4n) is 1.65. The fourth-order valence-corrected chi connectivity index (χ4v) is 1.65. The maximum absolute atomic E-state index is 11.5. The van der Waals surface area contributed by atoms with Gasteiger partial charge in [-0.15, -0.1) is 0 Å². The molecule has 0 aliphatic heterocycles. The van der Waals surface area contributed by atoms with Crippen LogP contribution < -0.4 is 5.32 Å². The number of aromatic carboxylic acids is 1. The molecule has 2 N–H and O–H groups in total. The zero-order valence-electron chi connectivity index (χ0n) is 11.2. The molecule has 0 spiro atoms. The van der Waals surface area contributed by atoms with Gasteiger partial charge in [0, 0.05) is 19.3 Å². The van der Waals surface area contributed by atoms with Gasteiger partial charge in [-0.25, -0.2) is 14.6 Å². The van der Waals surface area contributed by atoms with Gasteiger partial charge in [-0.05, 0) is 5.56 Å². The van der Waals surface area contributed by atoms with E-state index in [-0.39, 0.29) is 12.3 Å². The number of carboxylic acid groups (broad SMARTS) is 1. The molecule has 21 heavy (non-hydrogen) atoms. The van der Waals surface area contributed by atoms with E-state index in [9.17, 15) is 9.59 Å². The predicted molar refractivity (Wildman–Crippen MR) is 73.8 cm³/mol. The number of amides is 1. The van der Waals surface area contributed by atoms with Gasteiger partial charge in [0.05, 0.1) is 6.33 Å². The highest BCUT2D eigenvalue weighted by molar-refractivity contribution is 5.84. The molecule has 0 aliphatic rings. The number of nitrogens with zero attached hydrogens (tertiary/aromatic N) is 2. The fraction of sp³-hybridized carbons (Fsp3) is 0.214. The topological polar surface area (TPSA) is 93.5 Å². The molecule has 7 heteroatoms. The molecule has 0 saturated carbocycles. The van der Waals surface area contributed by atoms with Crippen LogP contribution in [0.3, 0.4) is 0 Å². The van der Waals surface area contributed by atoms with Gasteiger partial charge in [0.25, 0.3) is 0 Å². The summed E-state index contributed by atoms with van der Waals surface area (Å²) in [6.45, 7) is 0.949. The van der Waals surface area contributed by atoms with Crippen molar-refractivity contribution in [3.8, 4) is 0 Å². The molecule has 2 aromatic rings. The van der Waals surface area contributed by atoms with Crippen LogP contribution in [0.15, 0.2) is 42.9 Å². The average Bonchev–Trinajstić information content (AvgIpc) is 2.95. The van der Waals surface area contributed by atoms with Gasteiger partial charge in [-0.1, -0.05) is 30.3 Å². The van der Waals surface area contributed by atoms with Crippen LogP contribution >= 0.6 is 0 Å². The number of carbonyl (C=O) groups excluding carboxylic acids is 1. The Morgan fingerprint density at radius 3 is 2.71 bits per heavy atom. The number of aromatic nitrogens is 2. The number of carboxylic acids is 1. The van der Waals surface area contributed by atoms with Crippen molar-refractivity contribution in [1.29, 1.82) is 0 Å². The normalized spacial score (nSPS) is 10.1. The quantitative estimate of drug-likeness (QED) is 0.840. The Labute approximate surface area is 121 Å². The van der Waals surface area contributed by atoms with E-state index < -0.39 is 12.1 Å². The molecule has 0 radical (unpaired) electrons. The number of carbonyl (C=O) groups is 2. The highest BCUT2D eigenvalue weighted by Gasteiger charge is 2.06. The molecule has 0 fully saturated rings. The summed E-state index contributed by atoms with van der Waals surface area (Å²) in [6, 6.07) is 9.36. The third-order valence-corrected chi connectivity index (χ3v) is 2.70. The Morgan fingerprint density at radius 1 is 1.29 bits per heavy atom. The van der Waals surface area contributed by atoms with Gasteiger partial charge >= 0.3 is 12.1 Å². The number of alkyl carbamates (subject to hydrolysis) is 1. The van der Waals surface area contributed by atoms with Crippen LogP contribution in [-0.2, 0) is 17.9 Å². The highest BCUT2D eigenvalue weighted by atomic mass is 16.5. The summed E-state index contributed by atoms with van der Waals surface area (Å²) in [5, 5.41) is 11.3. The average molecular weight is 289 g/mol. The van der Waals surface area contributed by atoms with E-state index in [1.165, 1.54) is 12.5 Å². The number of nitrogens with one attached hydrogen (secondary N) is 1. The molecule has 1 amide bonds. The predicted octanol–water partition coefficient (Wildman–Crippen LogP) is 1.51. The van der Waals surface area contributed by atoms with Gasteiger partial charge in [-0.3, -0.25) is 0 Å². The highest BCUT2D eigenvalue weighted by Crippen LogP contribution is 2.00. The minimum Gasteiger partial charge on any atom is -0.476 e. The summed E-state index contributed by atoms with van der Waals surface area (Å²) in [7, 11) is 0. The lowest BCUT2D eigenvalue weighted by molar-refractivity contribution is 0.0691. The van der Waals surface area contributed by atoms with Crippen LogP contribution in [0.1, 0.15) is 16.1 Å². The summed E-state index contributed by atoms with van der Waals surface area (Å²) < 4.78 is 6.62. The van der Waals surface area contributed by atoms with Crippen LogP contribution in [0.4, 0.5) is 4.79 Å². The summed E-state index contributed by atoms with van der Waals surface area (Å²) in [5.41, 5.74) is 0.884. The Hall–Kier alpha value is -2.83. The first-order valence-corrected chi connectivity index (χ1v) is 6.35. The van der Waals surface area contributed by atoms with Crippen molar-refractivity contribution in [2.75, 3.05) is 6.54 Å². The number of hydrogen-bond acceptors (Lipinski definition) is 4. The van der Waals surface area contributed by atoms with Gasteiger partial charge in [-0.2, -0.15) is 0 Å². The zero-order valence-corrected chi connectivity index (χ0v) is 11.2. The van der Waals surface area contributed by atoms with Gasteiger partial charge in [0.2, 0.25) is 0 Å². The third-order valence-electron chi connectivity index (χ3n) is 2.70. The summed E-state index contributed by atoms with van der Waals surface area (Å²) in [4.78, 5) is 25.8. The van der Waals surface area contributed by atoms with E-state index in [1.54, 1.807) is 4.57 Å². The molecule has 0 saturated heterocycles. The van der Waals surface area contributed by atoms with Crippen LogP contribution in [0.5, 0.6) is 0 Å². The molecule has 0 aliphatic carbocycles. The largest absolute Gasteiger partial charge is 0.476 e. The van der Waals surface area contributed by atoms with Crippen LogP contribution in [-0.4, -0.2) is 33.3 Å². The lowest BCUT2D eigenvalue weighted by Gasteiger charge is -2.07. The molecule has 7 nitrogen and oxygen atoms in total. The number of ether oxygens (including phenoxy) is 1. The Balaban J connectivity index is 1.68. The Morgan fingerprint density at radius 2 is 2.05 bits per heavy atom. The lowest BCUT2D eigenvalue weighted by Crippen LogP contribution is -2.27. The lowest BCUT2D eigenvalue weighted by atomic mass is 10.2. The van der Waals surface area contributed by atoms with Crippen molar-refractivity contribution >= 4 is 12.1 Å². The second-order valence-corrected chi connectivity index (χ2v) is 4.29. The summed E-state index contributed by atoms with van der Waals surface area (Å²) >= 11 is 0. The zero-order chi connectivity index (χ0) is 15.1. The van der Waals surface area contributed by atoms with E-state index in [1.807, 2.05) is 30.3 Å². The molecule has 0 bridgehead atoms. The van der Waals surface area contributed by atoms with Crippen molar-refractivity contribution in [2.45, 2.75) is 13.2 Å². The monoisotopic (exact) mass is 289 g/mol. The molecular weight excluding hydrogens is 274 g/mol. The summed E-state index contributed by atoms with van der Waals surface area (Å²) in [5.74, 6) is -1.08. The first-order valence-electron chi connectivity index (χ1n) is 6.35. The van der Waals surface area contributed by atoms with Crippen molar-refractivity contribution < 1.29 is 19.4 Å². The minimum atomic E-state index is -1.08. The Bertz CT molecular complexity index is 610. The van der Waals surface area contributed by atoms with Crippen molar-refractivity contribution in [3.63, 3.8) is 0 Å². The van der Waals surface area contributed by atoms with E-state index in [0.29, 0.717) is 13.1 Å². The minimum absolute atomic E-state index is 0.0262. The van der Waals surface area contributed by atoms with E-state index in [4.69, 9.17) is 9.84 Å². The first-order chi connectivity index (χ1) is 10.1. The second kappa shape index (κ2) is 7.09. The molecule has 0 unspecified atom stereocenters. The van der Waals surface area contributed by atoms with Gasteiger partial charge < -0.3 is 19.7 Å². The number of benzene rings is 1. The number of rotatable bonds is 6. The van der Waals surface area contributed by atoms with E-state index >= 15 is 0 Å². The smallest absolute Gasteiger partial charge is 0.407 e. The summed E-state index contributed by atoms with van der Waals surface area (Å²) in [6.07, 6.45) is 2.29. The van der Waals surface area contributed by atoms with E-state index in [2.05, 4.69) is 10.3 Å². The van der Waals surface area contributed by atoms with Crippen molar-refractivity contribution in [3.05, 3.63) is 54.1 Å². The van der Waals surface area contributed by atoms with Crippen molar-refractivity contribution in [2.24, 2.45) is 0 Å².